The number of hydrogen-bond donors (Lipinski definition) is 1. The first-order valence-corrected chi connectivity index (χ1v) is 14.9. The first-order chi connectivity index (χ1) is 20.8. The summed E-state index contributed by atoms with van der Waals surface area (Å²) >= 11 is 1.90. The zero-order chi connectivity index (χ0) is 31.9. The normalized spacial score (nSPS) is 17.4. The maximum Gasteiger partial charge on any atom is 0.416 e. The lowest BCUT2D eigenvalue weighted by Gasteiger charge is -2.43. The number of carboxylic acids is 1. The molecule has 2 aromatic rings. The predicted molar refractivity (Wildman–Crippen MR) is 157 cm³/mol. The highest BCUT2D eigenvalue weighted by Gasteiger charge is 2.44. The van der Waals surface area contributed by atoms with Crippen LogP contribution in [0.25, 0.3) is 0 Å². The second kappa shape index (κ2) is 12.2. The molecule has 0 saturated carbocycles. The van der Waals surface area contributed by atoms with Crippen LogP contribution < -0.4 is 9.47 Å². The molecule has 0 fully saturated rings. The van der Waals surface area contributed by atoms with Crippen LogP contribution in [0, 0.1) is 13.7 Å². The lowest BCUT2D eigenvalue weighted by molar-refractivity contribution is -0.385. The lowest BCUT2D eigenvalue weighted by Crippen LogP contribution is -2.41. The van der Waals surface area contributed by atoms with E-state index in [9.17, 15) is 42.8 Å². The third-order valence-corrected chi connectivity index (χ3v) is 8.54. The highest BCUT2D eigenvalue weighted by atomic mass is 127. The molecule has 3 aliphatic rings. The lowest BCUT2D eigenvalue weighted by atomic mass is 9.71. The number of nitrogens with zero attached hydrogens (tertiary/aromatic N) is 2. The molecule has 1 aliphatic heterocycles. The fourth-order valence-corrected chi connectivity index (χ4v) is 6.76. The Bertz CT molecular complexity index is 1610. The van der Waals surface area contributed by atoms with Gasteiger partial charge in [-0.15, -0.1) is 0 Å². The fraction of sp³-hybridized carbons (Fsp3) is 0.367. The van der Waals surface area contributed by atoms with Crippen molar-refractivity contribution in [3.63, 3.8) is 0 Å². The quantitative estimate of drug-likeness (QED) is 0.175. The standard InChI is InChI=1S/C30H26F3IN2O8/c1-2-43-24-12-15(11-17(34)29(24)44-23-10-9-16(30(31,32)33)13-20(23)36(41)42)26-27-18(5-3-7-21(27)37)35(14-25(39)40)19-6-4-8-22(38)28(19)26/h9-13,26H,2-8,14H2,1H3,(H,39,40). The number of alkyl halides is 3. The zero-order valence-corrected chi connectivity index (χ0v) is 25.5. The number of allylic oxidation sites excluding steroid dienone is 4. The number of nitro benzene ring substituents is 1. The molecular formula is C30H26F3IN2O8. The van der Waals surface area contributed by atoms with Crippen LogP contribution >= 0.6 is 22.6 Å². The van der Waals surface area contributed by atoms with Gasteiger partial charge < -0.3 is 19.5 Å². The van der Waals surface area contributed by atoms with Gasteiger partial charge in [0.1, 0.15) is 6.54 Å². The highest BCUT2D eigenvalue weighted by molar-refractivity contribution is 14.1. The van der Waals surface area contributed by atoms with Crippen LogP contribution in [0.4, 0.5) is 18.9 Å². The van der Waals surface area contributed by atoms with E-state index in [1.807, 2.05) is 22.6 Å². The fourth-order valence-electron chi connectivity index (χ4n) is 6.03. The predicted octanol–water partition coefficient (Wildman–Crippen LogP) is 6.91. The second-order valence-electron chi connectivity index (χ2n) is 10.5. The van der Waals surface area contributed by atoms with Crippen LogP contribution in [0.3, 0.4) is 0 Å². The summed E-state index contributed by atoms with van der Waals surface area (Å²) in [4.78, 5) is 51.1. The van der Waals surface area contributed by atoms with E-state index in [1.54, 1.807) is 24.0 Å². The van der Waals surface area contributed by atoms with E-state index in [4.69, 9.17) is 9.47 Å². The number of benzene rings is 2. The van der Waals surface area contributed by atoms with Crippen LogP contribution in [0.2, 0.25) is 0 Å². The number of rotatable bonds is 8. The van der Waals surface area contributed by atoms with Crippen LogP contribution in [0.5, 0.6) is 17.2 Å². The summed E-state index contributed by atoms with van der Waals surface area (Å²) in [5.41, 5.74) is 0.286. The van der Waals surface area contributed by atoms with Crippen molar-refractivity contribution in [3.8, 4) is 17.2 Å². The van der Waals surface area contributed by atoms with Gasteiger partial charge in [-0.1, -0.05) is 0 Å². The van der Waals surface area contributed by atoms with Crippen molar-refractivity contribution in [2.75, 3.05) is 13.2 Å². The average Bonchev–Trinajstić information content (AvgIpc) is 2.94. The van der Waals surface area contributed by atoms with E-state index >= 15 is 0 Å². The Kier molecular flexibility index (Phi) is 8.73. The number of carbonyl (C=O) groups is 3. The van der Waals surface area contributed by atoms with Gasteiger partial charge in [-0.3, -0.25) is 24.5 Å². The maximum absolute atomic E-state index is 13.5. The van der Waals surface area contributed by atoms with Gasteiger partial charge in [-0.05, 0) is 85.0 Å². The summed E-state index contributed by atoms with van der Waals surface area (Å²) in [6, 6.07) is 5.15. The van der Waals surface area contributed by atoms with E-state index in [0.29, 0.717) is 69.5 Å². The van der Waals surface area contributed by atoms with Crippen molar-refractivity contribution in [1.29, 1.82) is 0 Å². The van der Waals surface area contributed by atoms with E-state index in [1.165, 1.54) is 0 Å². The van der Waals surface area contributed by atoms with E-state index < -0.39 is 40.0 Å². The number of carbonyl (C=O) groups excluding carboxylic acids is 2. The van der Waals surface area contributed by atoms with Gasteiger partial charge in [0.2, 0.25) is 5.75 Å². The molecule has 14 heteroatoms. The number of ketones is 2. The molecule has 1 heterocycles. The Morgan fingerprint density at radius 1 is 1.05 bits per heavy atom. The number of carboxylic acid groups (broad SMARTS) is 1. The van der Waals surface area contributed by atoms with Gasteiger partial charge in [-0.2, -0.15) is 13.2 Å². The minimum absolute atomic E-state index is 0.00993. The molecule has 0 saturated heterocycles. The molecule has 44 heavy (non-hydrogen) atoms. The first-order valence-electron chi connectivity index (χ1n) is 13.8. The smallest absolute Gasteiger partial charge is 0.416 e. The number of ether oxygens (including phenoxy) is 2. The van der Waals surface area contributed by atoms with Crippen LogP contribution in [-0.2, 0) is 20.6 Å². The summed E-state index contributed by atoms with van der Waals surface area (Å²) in [7, 11) is 0. The third kappa shape index (κ3) is 5.90. The number of aliphatic carboxylic acids is 1. The van der Waals surface area contributed by atoms with Gasteiger partial charge in [0.25, 0.3) is 0 Å². The molecule has 1 N–H and O–H groups in total. The van der Waals surface area contributed by atoms with Crippen molar-refractivity contribution < 1.29 is 47.1 Å². The average molecular weight is 726 g/mol. The molecule has 0 spiro atoms. The molecule has 0 atom stereocenters. The molecule has 2 aliphatic carbocycles. The monoisotopic (exact) mass is 726 g/mol. The van der Waals surface area contributed by atoms with E-state index in [2.05, 4.69) is 0 Å². The summed E-state index contributed by atoms with van der Waals surface area (Å²) in [6.07, 6.45) is -2.32. The summed E-state index contributed by atoms with van der Waals surface area (Å²) in [5, 5.41) is 21.3. The van der Waals surface area contributed by atoms with Crippen LogP contribution in [0.15, 0.2) is 52.9 Å². The Hall–Kier alpha value is -3.95. The minimum atomic E-state index is -4.80. The summed E-state index contributed by atoms with van der Waals surface area (Å²) < 4.78 is 51.8. The molecule has 2 aromatic carbocycles. The number of hydrogen-bond acceptors (Lipinski definition) is 8. The topological polar surface area (TPSA) is 136 Å². The molecule has 0 aromatic heterocycles. The molecular weight excluding hydrogens is 700 g/mol. The SMILES string of the molecule is CCOc1cc(C2C3=C(CCCC3=O)N(CC(=O)O)C3=C2C(=O)CCC3)cc(I)c1Oc1ccc(C(F)(F)F)cc1[N+](=O)[O-]. The number of halogens is 4. The number of nitro groups is 1. The molecule has 10 nitrogen and oxygen atoms in total. The molecule has 0 amide bonds. The largest absolute Gasteiger partial charge is 0.490 e. The molecule has 0 bridgehead atoms. The van der Waals surface area contributed by atoms with Gasteiger partial charge in [0, 0.05) is 47.4 Å². The number of Topliss-reactive ketones (excluding diaryl/α,β-unsaturated/α-hetero) is 2. The summed E-state index contributed by atoms with van der Waals surface area (Å²) in [6.45, 7) is 1.43. The van der Waals surface area contributed by atoms with Crippen molar-refractivity contribution >= 4 is 45.8 Å². The third-order valence-electron chi connectivity index (χ3n) is 7.74. The van der Waals surface area contributed by atoms with Gasteiger partial charge in [0.05, 0.1) is 20.7 Å². The Morgan fingerprint density at radius 2 is 1.66 bits per heavy atom. The van der Waals surface area contributed by atoms with Crippen LogP contribution in [-0.4, -0.2) is 45.6 Å². The van der Waals surface area contributed by atoms with E-state index in [-0.39, 0.29) is 49.1 Å². The molecule has 232 valence electrons. The maximum atomic E-state index is 13.5. The Labute approximate surface area is 262 Å². The van der Waals surface area contributed by atoms with Crippen LogP contribution in [0.1, 0.15) is 62.5 Å². The molecule has 0 unspecified atom stereocenters. The van der Waals surface area contributed by atoms with Gasteiger partial charge in [-0.25, -0.2) is 0 Å². The van der Waals surface area contributed by atoms with Crippen molar-refractivity contribution in [2.45, 2.75) is 57.5 Å². The van der Waals surface area contributed by atoms with Crippen molar-refractivity contribution in [2.24, 2.45) is 0 Å². The minimum Gasteiger partial charge on any atom is -0.490 e. The van der Waals surface area contributed by atoms with E-state index in [0.717, 1.165) is 6.07 Å². The highest BCUT2D eigenvalue weighted by Crippen LogP contribution is 2.51. The Morgan fingerprint density at radius 3 is 2.18 bits per heavy atom. The molecule has 5 rings (SSSR count). The zero-order valence-electron chi connectivity index (χ0n) is 23.3. The van der Waals surface area contributed by atoms with Gasteiger partial charge in [0.15, 0.2) is 23.1 Å². The van der Waals surface area contributed by atoms with Gasteiger partial charge >= 0.3 is 17.8 Å². The van der Waals surface area contributed by atoms with Crippen molar-refractivity contribution in [1.82, 2.24) is 4.90 Å². The molecule has 0 radical (unpaired) electrons. The first kappa shape index (κ1) is 31.5. The summed E-state index contributed by atoms with van der Waals surface area (Å²) in [5.74, 6) is -2.59. The Balaban J connectivity index is 1.66. The van der Waals surface area contributed by atoms with Crippen molar-refractivity contribution in [3.05, 3.63) is 77.7 Å². The second-order valence-corrected chi connectivity index (χ2v) is 11.7.